The largest absolute Gasteiger partial charge is 0.316 e. The van der Waals surface area contributed by atoms with Crippen molar-refractivity contribution in [1.29, 1.82) is 0 Å². The molecule has 13 heavy (non-hydrogen) atoms. The van der Waals surface area contributed by atoms with Gasteiger partial charge in [0, 0.05) is 11.3 Å². The number of hydrogen-bond acceptors (Lipinski definition) is 2. The van der Waals surface area contributed by atoms with Crippen LogP contribution in [0.25, 0.3) is 0 Å². The Labute approximate surface area is 83.5 Å². The van der Waals surface area contributed by atoms with E-state index in [1.807, 2.05) is 0 Å². The first-order valence-corrected chi connectivity index (χ1v) is 5.05. The lowest BCUT2D eigenvalue weighted by atomic mass is 10.2. The Morgan fingerprint density at radius 2 is 2.15 bits per heavy atom. The van der Waals surface area contributed by atoms with Crippen molar-refractivity contribution >= 4 is 22.9 Å². The second-order valence-electron chi connectivity index (χ2n) is 3.41. The molecule has 2 rings (SSSR count). The lowest BCUT2D eigenvalue weighted by molar-refractivity contribution is 0.0899. The maximum Gasteiger partial charge on any atom is 0.273 e. The van der Waals surface area contributed by atoms with Gasteiger partial charge < -0.3 is 5.73 Å². The summed E-state index contributed by atoms with van der Waals surface area (Å²) in [5.74, 6) is -2.78. The minimum atomic E-state index is -2.78. The van der Waals surface area contributed by atoms with Crippen LogP contribution >= 0.6 is 22.9 Å². The van der Waals surface area contributed by atoms with Gasteiger partial charge in [-0.1, -0.05) is 11.6 Å². The van der Waals surface area contributed by atoms with Gasteiger partial charge >= 0.3 is 0 Å². The minimum Gasteiger partial charge on any atom is -0.316 e. The fraction of sp³-hybridized carbons (Fsp3) is 0.500. The Kier molecular flexibility index (Phi) is 1.75. The van der Waals surface area contributed by atoms with Gasteiger partial charge in [-0.05, 0) is 17.9 Å². The summed E-state index contributed by atoms with van der Waals surface area (Å²) in [5, 5.41) is 2.14. The van der Waals surface area contributed by atoms with Crippen LogP contribution in [-0.2, 0) is 5.54 Å². The summed E-state index contributed by atoms with van der Waals surface area (Å²) in [5.41, 5.74) is 4.85. The molecule has 0 radical (unpaired) electrons. The molecule has 5 heteroatoms. The molecule has 1 atom stereocenters. The van der Waals surface area contributed by atoms with Gasteiger partial charge in [-0.25, -0.2) is 8.78 Å². The van der Waals surface area contributed by atoms with Gasteiger partial charge in [-0.15, -0.1) is 11.3 Å². The van der Waals surface area contributed by atoms with Crippen LogP contribution in [-0.4, -0.2) is 5.92 Å². The third-order valence-electron chi connectivity index (χ3n) is 2.33. The topological polar surface area (TPSA) is 26.0 Å². The zero-order chi connectivity index (χ0) is 9.85. The summed E-state index contributed by atoms with van der Waals surface area (Å²) in [4.78, 5) is 0.414. The average molecular weight is 224 g/mol. The number of alkyl halides is 2. The molecule has 0 aliphatic heterocycles. The van der Waals surface area contributed by atoms with E-state index in [4.69, 9.17) is 17.3 Å². The Hall–Kier alpha value is -0.190. The number of rotatable bonds is 1. The Morgan fingerprint density at radius 1 is 1.62 bits per heavy atom. The molecule has 0 aromatic carbocycles. The summed E-state index contributed by atoms with van der Waals surface area (Å²) in [6.07, 6.45) is -0.292. The molecule has 1 aromatic rings. The molecule has 2 N–H and O–H groups in total. The van der Waals surface area contributed by atoms with E-state index in [9.17, 15) is 8.78 Å². The maximum absolute atomic E-state index is 12.9. The summed E-state index contributed by atoms with van der Waals surface area (Å²) in [6, 6.07) is 0. The molecular formula is C8H8ClF2NS. The molecule has 1 aromatic heterocycles. The highest BCUT2D eigenvalue weighted by atomic mass is 35.5. The van der Waals surface area contributed by atoms with Gasteiger partial charge in [-0.3, -0.25) is 0 Å². The lowest BCUT2D eigenvalue weighted by Crippen LogP contribution is -2.26. The number of nitrogens with two attached hydrogens (primary N) is 1. The van der Waals surface area contributed by atoms with Crippen LogP contribution in [0.5, 0.6) is 0 Å². The monoisotopic (exact) mass is 223 g/mol. The Balaban J connectivity index is 2.44. The molecule has 0 amide bonds. The molecule has 0 bridgehead atoms. The van der Waals surface area contributed by atoms with Crippen LogP contribution in [0.1, 0.15) is 16.9 Å². The second kappa shape index (κ2) is 2.43. The van der Waals surface area contributed by atoms with Gasteiger partial charge in [-0.2, -0.15) is 0 Å². The summed E-state index contributed by atoms with van der Waals surface area (Å²) < 4.78 is 25.8. The molecule has 0 spiro atoms. The summed E-state index contributed by atoms with van der Waals surface area (Å²) in [7, 11) is 0. The van der Waals surface area contributed by atoms with Crippen molar-refractivity contribution in [1.82, 2.24) is 0 Å². The second-order valence-corrected chi connectivity index (χ2v) is 4.67. The maximum atomic E-state index is 12.9. The minimum absolute atomic E-state index is 0.292. The first-order valence-electron chi connectivity index (χ1n) is 3.79. The van der Waals surface area contributed by atoms with Crippen molar-refractivity contribution in [2.45, 2.75) is 24.8 Å². The zero-order valence-electron chi connectivity index (χ0n) is 6.90. The Morgan fingerprint density at radius 3 is 2.46 bits per heavy atom. The third-order valence-corrected chi connectivity index (χ3v) is 4.21. The molecule has 0 saturated heterocycles. The fourth-order valence-electron chi connectivity index (χ4n) is 1.28. The predicted molar refractivity (Wildman–Crippen MR) is 49.5 cm³/mol. The highest BCUT2D eigenvalue weighted by Crippen LogP contribution is 2.60. The summed E-state index contributed by atoms with van der Waals surface area (Å²) >= 11 is 7.07. The zero-order valence-corrected chi connectivity index (χ0v) is 8.48. The van der Waals surface area contributed by atoms with E-state index < -0.39 is 11.5 Å². The van der Waals surface area contributed by atoms with Crippen LogP contribution in [0, 0.1) is 6.92 Å². The van der Waals surface area contributed by atoms with Gasteiger partial charge in [0.25, 0.3) is 5.92 Å². The Bertz CT molecular complexity index is 363. The first-order chi connectivity index (χ1) is 5.88. The molecule has 1 saturated carbocycles. The lowest BCUT2D eigenvalue weighted by Gasteiger charge is -2.08. The van der Waals surface area contributed by atoms with E-state index in [0.717, 1.165) is 5.56 Å². The van der Waals surface area contributed by atoms with Gasteiger partial charge in [0.1, 0.15) is 5.54 Å². The van der Waals surface area contributed by atoms with E-state index in [2.05, 4.69) is 0 Å². The molecular weight excluding hydrogens is 216 g/mol. The molecule has 72 valence electrons. The molecule has 1 nitrogen and oxygen atoms in total. The SMILES string of the molecule is Cc1csc(C2(N)CC2(F)F)c1Cl. The van der Waals surface area contributed by atoms with Gasteiger partial charge in [0.2, 0.25) is 0 Å². The summed E-state index contributed by atoms with van der Waals surface area (Å²) in [6.45, 7) is 1.78. The van der Waals surface area contributed by atoms with Crippen LogP contribution in [0.2, 0.25) is 5.02 Å². The van der Waals surface area contributed by atoms with Crippen LogP contribution < -0.4 is 5.73 Å². The fourth-order valence-corrected chi connectivity index (χ4v) is 2.81. The van der Waals surface area contributed by atoms with Crippen LogP contribution in [0.4, 0.5) is 8.78 Å². The standard InChI is InChI=1S/C8H8ClF2NS/c1-4-2-13-6(5(4)9)7(12)3-8(7,10)11/h2H,3,12H2,1H3. The van der Waals surface area contributed by atoms with Crippen LogP contribution in [0.15, 0.2) is 5.38 Å². The van der Waals surface area contributed by atoms with E-state index in [0.29, 0.717) is 9.90 Å². The molecule has 1 fully saturated rings. The van der Waals surface area contributed by atoms with E-state index in [-0.39, 0.29) is 6.42 Å². The molecule has 1 aliphatic carbocycles. The van der Waals surface area contributed by atoms with Crippen molar-refractivity contribution < 1.29 is 8.78 Å². The van der Waals surface area contributed by atoms with Crippen LogP contribution in [0.3, 0.4) is 0 Å². The first kappa shape index (κ1) is 9.37. The van der Waals surface area contributed by atoms with Crippen molar-refractivity contribution in [3.05, 3.63) is 20.8 Å². The average Bonchev–Trinajstić information content (AvgIpc) is 2.35. The van der Waals surface area contributed by atoms with Crippen molar-refractivity contribution in [2.24, 2.45) is 5.73 Å². The highest BCUT2D eigenvalue weighted by Gasteiger charge is 2.71. The number of aryl methyl sites for hydroxylation is 1. The quantitative estimate of drug-likeness (QED) is 0.779. The van der Waals surface area contributed by atoms with Crippen molar-refractivity contribution in [3.8, 4) is 0 Å². The molecule has 1 heterocycles. The van der Waals surface area contributed by atoms with Gasteiger partial charge in [0.05, 0.1) is 5.02 Å². The normalized spacial score (nSPS) is 30.5. The third kappa shape index (κ3) is 1.12. The number of halogens is 3. The molecule has 1 unspecified atom stereocenters. The number of thiophene rings is 1. The van der Waals surface area contributed by atoms with E-state index in [1.54, 1.807) is 12.3 Å². The van der Waals surface area contributed by atoms with E-state index >= 15 is 0 Å². The van der Waals surface area contributed by atoms with Gasteiger partial charge in [0.15, 0.2) is 0 Å². The smallest absolute Gasteiger partial charge is 0.273 e. The predicted octanol–water partition coefficient (Wildman–Crippen LogP) is 2.90. The van der Waals surface area contributed by atoms with E-state index in [1.165, 1.54) is 11.3 Å². The van der Waals surface area contributed by atoms with Crippen molar-refractivity contribution in [2.75, 3.05) is 0 Å². The number of hydrogen-bond donors (Lipinski definition) is 1. The highest BCUT2D eigenvalue weighted by molar-refractivity contribution is 7.11. The molecule has 1 aliphatic rings. The van der Waals surface area contributed by atoms with Crippen molar-refractivity contribution in [3.63, 3.8) is 0 Å².